The van der Waals surface area contributed by atoms with E-state index in [-0.39, 0.29) is 18.9 Å². The first kappa shape index (κ1) is 79.7. The number of carboxylic acids is 1. The summed E-state index contributed by atoms with van der Waals surface area (Å²) in [5, 5.41) is 136. The van der Waals surface area contributed by atoms with Crippen LogP contribution in [0.2, 0.25) is 0 Å². The number of aliphatic carboxylic acids is 1. The van der Waals surface area contributed by atoms with Crippen LogP contribution in [0.15, 0.2) is 12.2 Å². The Morgan fingerprint density at radius 1 is 0.580 bits per heavy atom. The van der Waals surface area contributed by atoms with Gasteiger partial charge in [-0.15, -0.1) is 0 Å². The molecule has 3 aliphatic heterocycles. The lowest BCUT2D eigenvalue weighted by Gasteiger charge is -2.50. The molecule has 0 aromatic rings. The predicted octanol–water partition coefficient (Wildman–Crippen LogP) is 5.51. The van der Waals surface area contributed by atoms with E-state index in [1.807, 2.05) is 0 Å². The summed E-state index contributed by atoms with van der Waals surface area (Å²) in [5.41, 5.74) is 0. The topological polar surface area (TPSA) is 373 Å². The van der Waals surface area contributed by atoms with Crippen molar-refractivity contribution in [3.05, 3.63) is 12.2 Å². The van der Waals surface area contributed by atoms with Gasteiger partial charge in [-0.05, 0) is 38.5 Å². The fourth-order valence-corrected chi connectivity index (χ4v) is 12.0. The molecule has 0 saturated carbocycles. The van der Waals surface area contributed by atoms with E-state index in [9.17, 15) is 75.7 Å². The number of unbranched alkanes of at least 4 members (excludes halogenated alkanes) is 29. The largest absolute Gasteiger partial charge is 0.477 e. The standard InChI is InChI=1S/C65H120N2O21/c1-4-6-8-10-12-14-15-16-17-18-19-20-21-22-23-24-25-26-27-28-29-31-33-35-37-39-52(75)67-46(47(72)38-36-34-32-30-13-11-9-7-5-2)44-83-62-57(79)56(78)59(51(43-70)85-62)86-63-58(80)61(55(77)50(42-69)84-63)88-65(64(81)82)40-48(73)53(66-45(3)71)60(87-65)54(76)49(74)41-68/h22-23,46-51,53-63,68-70,72-74,76-80H,4-21,24-44H2,1-3H3,(H,66,71)(H,67,75)(H,81,82)/b23-22-. The average Bonchev–Trinajstić information content (AvgIpc) is 1.14. The molecular formula is C65H120N2O21. The Labute approximate surface area is 524 Å². The molecule has 23 nitrogen and oxygen atoms in total. The number of nitrogens with one attached hydrogen (secondary N) is 2. The maximum atomic E-state index is 13.4. The minimum atomic E-state index is -3.08. The SMILES string of the molecule is CCCCCCCCCCCCCC/C=C\CCCCCCCCCCCC(=O)NC(COC1OC(CO)C(OC2OC(CO)C(O)C(OC3(C(=O)O)CC(O)C(NC(C)=O)C(C(O)C(O)CO)O3)C2O)C(O)C1O)C(O)CCCCCCCCCCC. The lowest BCUT2D eigenvalue weighted by atomic mass is 9.88. The van der Waals surface area contributed by atoms with E-state index in [2.05, 4.69) is 36.6 Å². The van der Waals surface area contributed by atoms with Crippen molar-refractivity contribution in [3.63, 3.8) is 0 Å². The van der Waals surface area contributed by atoms with Gasteiger partial charge in [0, 0.05) is 19.8 Å². The van der Waals surface area contributed by atoms with Crippen LogP contribution >= 0.6 is 0 Å². The first-order valence-corrected chi connectivity index (χ1v) is 34.0. The molecule has 0 aromatic carbocycles. The van der Waals surface area contributed by atoms with E-state index < -0.39 is 148 Å². The Morgan fingerprint density at radius 3 is 1.53 bits per heavy atom. The van der Waals surface area contributed by atoms with Crippen molar-refractivity contribution in [3.8, 4) is 0 Å². The second-order valence-electron chi connectivity index (χ2n) is 25.0. The van der Waals surface area contributed by atoms with Gasteiger partial charge in [0.2, 0.25) is 11.8 Å². The molecule has 3 saturated heterocycles. The van der Waals surface area contributed by atoms with Crippen LogP contribution in [0, 0.1) is 0 Å². The molecule has 18 atom stereocenters. The highest BCUT2D eigenvalue weighted by Gasteiger charge is 2.60. The summed E-state index contributed by atoms with van der Waals surface area (Å²) in [5.74, 6) is -6.10. The van der Waals surface area contributed by atoms with Gasteiger partial charge in [-0.1, -0.05) is 199 Å². The molecule has 18 unspecified atom stereocenters. The summed E-state index contributed by atoms with van der Waals surface area (Å²) in [4.78, 5) is 38.4. The summed E-state index contributed by atoms with van der Waals surface area (Å²) in [6.45, 7) is 2.16. The van der Waals surface area contributed by atoms with E-state index in [4.69, 9.17) is 28.4 Å². The molecule has 0 spiro atoms. The van der Waals surface area contributed by atoms with Gasteiger partial charge in [0.25, 0.3) is 5.79 Å². The highest BCUT2D eigenvalue weighted by Crippen LogP contribution is 2.39. The van der Waals surface area contributed by atoms with Gasteiger partial charge in [0.1, 0.15) is 67.1 Å². The molecule has 23 heteroatoms. The normalized spacial score (nSPS) is 29.0. The zero-order valence-corrected chi connectivity index (χ0v) is 53.6. The van der Waals surface area contributed by atoms with Crippen molar-refractivity contribution in [1.82, 2.24) is 10.6 Å². The van der Waals surface area contributed by atoms with Crippen LogP contribution in [0.1, 0.15) is 245 Å². The van der Waals surface area contributed by atoms with Gasteiger partial charge in [0.15, 0.2) is 12.6 Å². The van der Waals surface area contributed by atoms with Gasteiger partial charge in [-0.3, -0.25) is 9.59 Å². The molecule has 0 aromatic heterocycles. The number of rotatable bonds is 51. The monoisotopic (exact) mass is 1260 g/mol. The maximum absolute atomic E-state index is 13.4. The number of allylic oxidation sites excluding steroid dienone is 2. The van der Waals surface area contributed by atoms with E-state index >= 15 is 0 Å². The van der Waals surface area contributed by atoms with Gasteiger partial charge in [-0.25, -0.2) is 4.79 Å². The molecule has 2 amide bonds. The van der Waals surface area contributed by atoms with Crippen LogP contribution < -0.4 is 10.6 Å². The maximum Gasteiger partial charge on any atom is 0.364 e. The summed E-state index contributed by atoms with van der Waals surface area (Å²) in [6.07, 6.45) is 14.0. The fourth-order valence-electron chi connectivity index (χ4n) is 12.0. The van der Waals surface area contributed by atoms with Crippen LogP contribution in [0.5, 0.6) is 0 Å². The minimum Gasteiger partial charge on any atom is -0.477 e. The quantitative estimate of drug-likeness (QED) is 0.0264. The van der Waals surface area contributed by atoms with Crippen LogP contribution in [-0.4, -0.2) is 215 Å². The fraction of sp³-hybridized carbons (Fsp3) is 0.923. The van der Waals surface area contributed by atoms with E-state index in [1.54, 1.807) is 0 Å². The van der Waals surface area contributed by atoms with Gasteiger partial charge in [-0.2, -0.15) is 0 Å². The van der Waals surface area contributed by atoms with Crippen molar-refractivity contribution in [2.24, 2.45) is 0 Å². The third-order valence-electron chi connectivity index (χ3n) is 17.5. The van der Waals surface area contributed by atoms with Crippen molar-refractivity contribution in [2.75, 3.05) is 26.4 Å². The lowest BCUT2D eigenvalue weighted by Crippen LogP contribution is -2.70. The van der Waals surface area contributed by atoms with E-state index in [1.165, 1.54) is 135 Å². The highest BCUT2D eigenvalue weighted by molar-refractivity contribution is 5.77. The number of ether oxygens (including phenoxy) is 6. The Hall–Kier alpha value is -2.53. The molecule has 3 heterocycles. The van der Waals surface area contributed by atoms with Crippen molar-refractivity contribution >= 4 is 17.8 Å². The molecule has 14 N–H and O–H groups in total. The first-order valence-electron chi connectivity index (χ1n) is 34.0. The summed E-state index contributed by atoms with van der Waals surface area (Å²) >= 11 is 0. The molecule has 0 bridgehead atoms. The summed E-state index contributed by atoms with van der Waals surface area (Å²) in [7, 11) is 0. The van der Waals surface area contributed by atoms with E-state index in [0.29, 0.717) is 19.3 Å². The van der Waals surface area contributed by atoms with Crippen molar-refractivity contribution in [1.29, 1.82) is 0 Å². The molecular weight excluding hydrogens is 1140 g/mol. The minimum absolute atomic E-state index is 0.222. The molecule has 0 radical (unpaired) electrons. The smallest absolute Gasteiger partial charge is 0.364 e. The van der Waals surface area contributed by atoms with Gasteiger partial charge >= 0.3 is 5.97 Å². The van der Waals surface area contributed by atoms with Crippen molar-refractivity contribution in [2.45, 2.75) is 355 Å². The van der Waals surface area contributed by atoms with Crippen LogP contribution in [0.3, 0.4) is 0 Å². The van der Waals surface area contributed by atoms with Gasteiger partial charge in [0.05, 0.1) is 50.7 Å². The second kappa shape index (κ2) is 46.5. The first-order chi connectivity index (χ1) is 42.4. The van der Waals surface area contributed by atoms with Crippen molar-refractivity contribution < 1.29 is 104 Å². The number of hydrogen-bond acceptors (Lipinski definition) is 20. The Kier molecular flexibility index (Phi) is 42.1. The Bertz CT molecular complexity index is 1840. The third-order valence-corrected chi connectivity index (χ3v) is 17.5. The van der Waals surface area contributed by atoms with Crippen LogP contribution in [0.4, 0.5) is 0 Å². The molecule has 3 aliphatic rings. The number of aliphatic hydroxyl groups excluding tert-OH is 11. The van der Waals surface area contributed by atoms with Crippen LogP contribution in [0.25, 0.3) is 0 Å². The number of carboxylic acid groups (broad SMARTS) is 1. The average molecular weight is 1270 g/mol. The lowest BCUT2D eigenvalue weighted by molar-refractivity contribution is -0.386. The van der Waals surface area contributed by atoms with Gasteiger partial charge < -0.3 is 100 Å². The number of carbonyl (C=O) groups excluding carboxylic acids is 2. The zero-order valence-electron chi connectivity index (χ0n) is 53.6. The number of aliphatic hydroxyl groups is 11. The number of hydrogen-bond donors (Lipinski definition) is 14. The zero-order chi connectivity index (χ0) is 64.7. The molecule has 88 heavy (non-hydrogen) atoms. The number of amides is 2. The Morgan fingerprint density at radius 2 is 1.06 bits per heavy atom. The second-order valence-corrected chi connectivity index (χ2v) is 25.0. The molecule has 3 rings (SSSR count). The summed E-state index contributed by atoms with van der Waals surface area (Å²) < 4.78 is 34.8. The predicted molar refractivity (Wildman–Crippen MR) is 329 cm³/mol. The number of carbonyl (C=O) groups is 3. The summed E-state index contributed by atoms with van der Waals surface area (Å²) in [6, 6.07) is -2.53. The highest BCUT2D eigenvalue weighted by atomic mass is 16.8. The van der Waals surface area contributed by atoms with E-state index in [0.717, 1.165) is 64.7 Å². The van der Waals surface area contributed by atoms with Crippen LogP contribution in [-0.2, 0) is 42.8 Å². The third kappa shape index (κ3) is 29.2. The molecule has 516 valence electrons. The Balaban J connectivity index is 1.53. The molecule has 0 aliphatic carbocycles. The molecule has 3 fully saturated rings.